The molecule has 1 atom stereocenters. The van der Waals surface area contributed by atoms with Crippen LogP contribution in [-0.2, 0) is 14.1 Å². The van der Waals surface area contributed by atoms with Crippen molar-refractivity contribution in [3.63, 3.8) is 0 Å². The van der Waals surface area contributed by atoms with Gasteiger partial charge in [0.2, 0.25) is 0 Å². The second-order valence-electron chi connectivity index (χ2n) is 5.03. The number of hydrogen-bond acceptors (Lipinski definition) is 4. The first kappa shape index (κ1) is 13.8. The summed E-state index contributed by atoms with van der Waals surface area (Å²) in [5.41, 5.74) is 0.592. The second-order valence-corrected chi connectivity index (χ2v) is 5.03. The molecular formula is C14H17BO4. The van der Waals surface area contributed by atoms with Gasteiger partial charge in [0.25, 0.3) is 0 Å². The summed E-state index contributed by atoms with van der Waals surface area (Å²) in [4.78, 5) is 11.1. The summed E-state index contributed by atoms with van der Waals surface area (Å²) in [6.07, 6.45) is 1.15. The van der Waals surface area contributed by atoms with Crippen LogP contribution >= 0.6 is 0 Å². The Hall–Kier alpha value is -1.59. The van der Waals surface area contributed by atoms with Crippen molar-refractivity contribution < 1.29 is 18.8 Å². The molecular weight excluding hydrogens is 243 g/mol. The van der Waals surface area contributed by atoms with E-state index in [0.717, 1.165) is 11.5 Å². The van der Waals surface area contributed by atoms with Crippen LogP contribution in [0.1, 0.15) is 20.8 Å². The van der Waals surface area contributed by atoms with E-state index in [9.17, 15) is 4.79 Å². The zero-order valence-electron chi connectivity index (χ0n) is 11.4. The fourth-order valence-corrected chi connectivity index (χ4v) is 1.75. The third-order valence-corrected chi connectivity index (χ3v) is 3.25. The standard InChI is InChI=1S/C14H17BO4/c1-5-13(16)17-12-8-6-11(7-9-12)15-18-10(2)14(3,4)19-15/h5-10H,1H2,2-4H3. The monoisotopic (exact) mass is 260 g/mol. The zero-order valence-corrected chi connectivity index (χ0v) is 11.4. The molecule has 1 aliphatic rings. The molecule has 1 aromatic rings. The highest BCUT2D eigenvalue weighted by Crippen LogP contribution is 2.26. The van der Waals surface area contributed by atoms with Crippen molar-refractivity contribution in [3.8, 4) is 5.75 Å². The molecule has 0 aliphatic carbocycles. The van der Waals surface area contributed by atoms with Gasteiger partial charge in [0.15, 0.2) is 0 Å². The molecule has 1 heterocycles. The molecule has 4 nitrogen and oxygen atoms in total. The molecule has 100 valence electrons. The highest BCUT2D eigenvalue weighted by Gasteiger charge is 2.43. The first-order valence-corrected chi connectivity index (χ1v) is 6.20. The maximum absolute atomic E-state index is 11.1. The minimum Gasteiger partial charge on any atom is -0.423 e. The third kappa shape index (κ3) is 3.05. The lowest BCUT2D eigenvalue weighted by Crippen LogP contribution is -2.34. The molecule has 5 heteroatoms. The van der Waals surface area contributed by atoms with E-state index in [1.54, 1.807) is 12.1 Å². The largest absolute Gasteiger partial charge is 0.494 e. The summed E-state index contributed by atoms with van der Waals surface area (Å²) in [6, 6.07) is 7.06. The minimum atomic E-state index is -0.476. The van der Waals surface area contributed by atoms with Crippen molar-refractivity contribution in [2.24, 2.45) is 0 Å². The highest BCUT2D eigenvalue weighted by atomic mass is 16.7. The van der Waals surface area contributed by atoms with Crippen molar-refractivity contribution in [1.82, 2.24) is 0 Å². The normalized spacial score (nSPS) is 21.2. The van der Waals surface area contributed by atoms with Crippen molar-refractivity contribution in [2.45, 2.75) is 32.5 Å². The Morgan fingerprint density at radius 1 is 1.42 bits per heavy atom. The quantitative estimate of drug-likeness (QED) is 0.359. The van der Waals surface area contributed by atoms with E-state index in [2.05, 4.69) is 6.58 Å². The second kappa shape index (κ2) is 5.19. The van der Waals surface area contributed by atoms with Crippen LogP contribution in [0, 0.1) is 0 Å². The summed E-state index contributed by atoms with van der Waals surface area (Å²) >= 11 is 0. The Balaban J connectivity index is 2.07. The van der Waals surface area contributed by atoms with E-state index in [1.807, 2.05) is 32.9 Å². The van der Waals surface area contributed by atoms with Crippen LogP contribution in [0.5, 0.6) is 5.75 Å². The molecule has 1 fully saturated rings. The maximum atomic E-state index is 11.1. The predicted octanol–water partition coefficient (Wildman–Crippen LogP) is 1.69. The number of hydrogen-bond donors (Lipinski definition) is 0. The average Bonchev–Trinajstić information content (AvgIpc) is 2.64. The number of ether oxygens (including phenoxy) is 1. The fourth-order valence-electron chi connectivity index (χ4n) is 1.75. The van der Waals surface area contributed by atoms with Gasteiger partial charge in [-0.05, 0) is 38.4 Å². The van der Waals surface area contributed by atoms with Gasteiger partial charge in [0.1, 0.15) is 5.75 Å². The SMILES string of the molecule is C=CC(=O)Oc1ccc(B2OC(C)C(C)(C)O2)cc1. The number of rotatable bonds is 3. The molecule has 19 heavy (non-hydrogen) atoms. The maximum Gasteiger partial charge on any atom is 0.494 e. The molecule has 1 saturated heterocycles. The summed E-state index contributed by atoms with van der Waals surface area (Å²) in [5, 5.41) is 0. The van der Waals surface area contributed by atoms with Crippen LogP contribution in [0.15, 0.2) is 36.9 Å². The third-order valence-electron chi connectivity index (χ3n) is 3.25. The Morgan fingerprint density at radius 2 is 2.05 bits per heavy atom. The van der Waals surface area contributed by atoms with Gasteiger partial charge in [0.05, 0.1) is 11.7 Å². The van der Waals surface area contributed by atoms with Crippen molar-refractivity contribution >= 4 is 18.6 Å². The van der Waals surface area contributed by atoms with Crippen LogP contribution < -0.4 is 10.2 Å². The fraction of sp³-hybridized carbons (Fsp3) is 0.357. The van der Waals surface area contributed by atoms with E-state index in [-0.39, 0.29) is 18.8 Å². The number of esters is 1. The first-order chi connectivity index (χ1) is 8.92. The van der Waals surface area contributed by atoms with Crippen LogP contribution in [0.3, 0.4) is 0 Å². The molecule has 2 rings (SSSR count). The Kier molecular flexibility index (Phi) is 3.78. The van der Waals surface area contributed by atoms with Crippen molar-refractivity contribution in [3.05, 3.63) is 36.9 Å². The van der Waals surface area contributed by atoms with Crippen LogP contribution in [-0.4, -0.2) is 24.8 Å². The van der Waals surface area contributed by atoms with E-state index >= 15 is 0 Å². The molecule has 1 unspecified atom stereocenters. The first-order valence-electron chi connectivity index (χ1n) is 6.20. The molecule has 0 bridgehead atoms. The van der Waals surface area contributed by atoms with Crippen LogP contribution in [0.25, 0.3) is 0 Å². The van der Waals surface area contributed by atoms with E-state index in [1.165, 1.54) is 0 Å². The molecule has 1 aromatic carbocycles. The van der Waals surface area contributed by atoms with E-state index in [0.29, 0.717) is 5.75 Å². The van der Waals surface area contributed by atoms with Gasteiger partial charge in [-0.15, -0.1) is 0 Å². The van der Waals surface area contributed by atoms with Gasteiger partial charge in [-0.2, -0.15) is 0 Å². The van der Waals surface area contributed by atoms with Gasteiger partial charge in [-0.1, -0.05) is 18.7 Å². The summed E-state index contributed by atoms with van der Waals surface area (Å²) in [5.74, 6) is -0.00479. The van der Waals surface area contributed by atoms with Gasteiger partial charge < -0.3 is 14.0 Å². The molecule has 0 spiro atoms. The Bertz CT molecular complexity index is 481. The minimum absolute atomic E-state index is 0.0239. The lowest BCUT2D eigenvalue weighted by Gasteiger charge is -2.21. The van der Waals surface area contributed by atoms with Crippen molar-refractivity contribution in [2.75, 3.05) is 0 Å². The van der Waals surface area contributed by atoms with Gasteiger partial charge in [-0.3, -0.25) is 0 Å². The number of carbonyl (C=O) groups is 1. The number of benzene rings is 1. The molecule has 0 N–H and O–H groups in total. The molecule has 0 radical (unpaired) electrons. The lowest BCUT2D eigenvalue weighted by atomic mass is 9.79. The molecule has 0 amide bonds. The van der Waals surface area contributed by atoms with E-state index < -0.39 is 5.97 Å². The van der Waals surface area contributed by atoms with Crippen molar-refractivity contribution in [1.29, 1.82) is 0 Å². The molecule has 1 aliphatic heterocycles. The topological polar surface area (TPSA) is 44.8 Å². The summed E-state index contributed by atoms with van der Waals surface area (Å²) < 4.78 is 16.6. The van der Waals surface area contributed by atoms with Gasteiger partial charge >= 0.3 is 13.1 Å². The zero-order chi connectivity index (χ0) is 14.0. The average molecular weight is 260 g/mol. The summed E-state index contributed by atoms with van der Waals surface area (Å²) in [7, 11) is -0.380. The van der Waals surface area contributed by atoms with Crippen LogP contribution in [0.2, 0.25) is 0 Å². The van der Waals surface area contributed by atoms with Gasteiger partial charge in [-0.25, -0.2) is 4.79 Å². The number of carbonyl (C=O) groups excluding carboxylic acids is 1. The Labute approximate surface area is 113 Å². The smallest absolute Gasteiger partial charge is 0.423 e. The Morgan fingerprint density at radius 3 is 2.53 bits per heavy atom. The molecule has 0 aromatic heterocycles. The lowest BCUT2D eigenvalue weighted by molar-refractivity contribution is -0.128. The van der Waals surface area contributed by atoms with Gasteiger partial charge in [0, 0.05) is 6.08 Å². The van der Waals surface area contributed by atoms with Crippen LogP contribution in [0.4, 0.5) is 0 Å². The summed E-state index contributed by atoms with van der Waals surface area (Å²) in [6.45, 7) is 9.33. The highest BCUT2D eigenvalue weighted by molar-refractivity contribution is 6.62. The van der Waals surface area contributed by atoms with E-state index in [4.69, 9.17) is 14.0 Å². The molecule has 0 saturated carbocycles. The predicted molar refractivity (Wildman–Crippen MR) is 73.4 cm³/mol.